The topological polar surface area (TPSA) is 34.9 Å². The summed E-state index contributed by atoms with van der Waals surface area (Å²) in [7, 11) is 0. The van der Waals surface area contributed by atoms with Gasteiger partial charge in [0.1, 0.15) is 5.03 Å². The van der Waals surface area contributed by atoms with E-state index in [0.29, 0.717) is 6.54 Å². The summed E-state index contributed by atoms with van der Waals surface area (Å²) < 4.78 is 2.76. The Kier molecular flexibility index (Phi) is 3.99. The molecule has 1 aliphatic rings. The van der Waals surface area contributed by atoms with Crippen LogP contribution >= 0.6 is 23.1 Å². The van der Waals surface area contributed by atoms with Crippen molar-refractivity contribution >= 4 is 33.2 Å². The lowest BCUT2D eigenvalue weighted by atomic mass is 10.2. The zero-order chi connectivity index (χ0) is 15.8. The molecule has 3 aromatic rings. The Bertz CT molecular complexity index is 912. The van der Waals surface area contributed by atoms with Crippen LogP contribution in [0.15, 0.2) is 40.2 Å². The first-order valence-corrected chi connectivity index (χ1v) is 9.80. The smallest absolute Gasteiger partial charge is 0.267 e. The Morgan fingerprint density at radius 2 is 2.09 bits per heavy atom. The van der Waals surface area contributed by atoms with Gasteiger partial charge in [0.05, 0.1) is 16.6 Å². The summed E-state index contributed by atoms with van der Waals surface area (Å²) in [6, 6.07) is 10.1. The van der Waals surface area contributed by atoms with Gasteiger partial charge in [-0.1, -0.05) is 37.3 Å². The van der Waals surface area contributed by atoms with Crippen LogP contribution in [0.4, 0.5) is 0 Å². The fraction of sp³-hybridized carbons (Fsp3) is 0.333. The summed E-state index contributed by atoms with van der Waals surface area (Å²) in [5.41, 5.74) is 2.47. The first-order chi connectivity index (χ1) is 11.3. The number of thiophene rings is 1. The quantitative estimate of drug-likeness (QED) is 0.669. The highest BCUT2D eigenvalue weighted by atomic mass is 32.2. The maximum absolute atomic E-state index is 13.0. The van der Waals surface area contributed by atoms with Gasteiger partial charge >= 0.3 is 0 Å². The van der Waals surface area contributed by atoms with Crippen LogP contribution in [-0.2, 0) is 19.4 Å². The minimum atomic E-state index is 0.0729. The molecular formula is C18H18N2OS2. The molecule has 0 atom stereocenters. The van der Waals surface area contributed by atoms with Gasteiger partial charge in [0.2, 0.25) is 0 Å². The highest BCUT2D eigenvalue weighted by Crippen LogP contribution is 2.39. The Balaban J connectivity index is 1.91. The van der Waals surface area contributed by atoms with E-state index in [9.17, 15) is 4.79 Å². The summed E-state index contributed by atoms with van der Waals surface area (Å²) in [5.74, 6) is 0.966. The molecule has 3 nitrogen and oxygen atoms in total. The normalized spacial score (nSPS) is 13.6. The molecule has 1 aliphatic carbocycles. The van der Waals surface area contributed by atoms with Crippen molar-refractivity contribution in [2.75, 3.05) is 5.75 Å². The van der Waals surface area contributed by atoms with Gasteiger partial charge in [-0.25, -0.2) is 4.68 Å². The van der Waals surface area contributed by atoms with Gasteiger partial charge < -0.3 is 0 Å². The number of benzene rings is 1. The van der Waals surface area contributed by atoms with Crippen molar-refractivity contribution in [1.29, 1.82) is 0 Å². The van der Waals surface area contributed by atoms with Crippen molar-refractivity contribution in [1.82, 2.24) is 9.78 Å². The van der Waals surface area contributed by atoms with Crippen LogP contribution in [0.3, 0.4) is 0 Å². The molecule has 0 unspecified atom stereocenters. The average molecular weight is 342 g/mol. The van der Waals surface area contributed by atoms with Gasteiger partial charge in [-0.15, -0.1) is 23.1 Å². The molecule has 5 heteroatoms. The number of hydrogen-bond donors (Lipinski definition) is 0. The molecular weight excluding hydrogens is 324 g/mol. The van der Waals surface area contributed by atoms with Gasteiger partial charge in [-0.05, 0) is 36.1 Å². The van der Waals surface area contributed by atoms with Gasteiger partial charge in [-0.3, -0.25) is 4.79 Å². The third-order valence-electron chi connectivity index (χ3n) is 4.23. The SMILES string of the molecule is CCSc1nn(Cc2ccccc2)c(=O)c2c3c(sc12)CCC3. The monoisotopic (exact) mass is 342 g/mol. The summed E-state index contributed by atoms with van der Waals surface area (Å²) >= 11 is 3.52. The van der Waals surface area contributed by atoms with E-state index < -0.39 is 0 Å². The van der Waals surface area contributed by atoms with Crippen molar-refractivity contribution < 1.29 is 0 Å². The summed E-state index contributed by atoms with van der Waals surface area (Å²) in [5, 5.41) is 6.62. The number of thioether (sulfide) groups is 1. The number of hydrogen-bond acceptors (Lipinski definition) is 4. The third kappa shape index (κ3) is 2.62. The van der Waals surface area contributed by atoms with E-state index in [1.165, 1.54) is 16.9 Å². The molecule has 0 saturated heterocycles. The maximum Gasteiger partial charge on any atom is 0.276 e. The molecule has 2 aromatic heterocycles. The first kappa shape index (κ1) is 15.0. The van der Waals surface area contributed by atoms with Crippen molar-refractivity contribution in [3.8, 4) is 0 Å². The van der Waals surface area contributed by atoms with Crippen molar-refractivity contribution in [2.24, 2.45) is 0 Å². The van der Waals surface area contributed by atoms with E-state index in [1.54, 1.807) is 27.8 Å². The zero-order valence-electron chi connectivity index (χ0n) is 13.0. The van der Waals surface area contributed by atoms with Crippen molar-refractivity contribution in [2.45, 2.75) is 37.8 Å². The van der Waals surface area contributed by atoms with Gasteiger partial charge in [-0.2, -0.15) is 5.10 Å². The standard InChI is InChI=1S/C18H18N2OS2/c1-2-22-17-16-15(13-9-6-10-14(13)23-16)18(21)20(19-17)11-12-7-4-3-5-8-12/h3-5,7-8H,2,6,9-11H2,1H3. The molecule has 0 N–H and O–H groups in total. The minimum absolute atomic E-state index is 0.0729. The number of aromatic nitrogens is 2. The second-order valence-corrected chi connectivity index (χ2v) is 8.11. The molecule has 0 spiro atoms. The zero-order valence-corrected chi connectivity index (χ0v) is 14.7. The van der Waals surface area contributed by atoms with E-state index in [1.807, 2.05) is 30.3 Å². The molecule has 1 aromatic carbocycles. The highest BCUT2D eigenvalue weighted by Gasteiger charge is 2.23. The number of rotatable bonds is 4. The molecule has 0 amide bonds. The lowest BCUT2D eigenvalue weighted by Crippen LogP contribution is -2.24. The van der Waals surface area contributed by atoms with Crippen LogP contribution in [0.25, 0.3) is 10.1 Å². The van der Waals surface area contributed by atoms with E-state index >= 15 is 0 Å². The minimum Gasteiger partial charge on any atom is -0.267 e. The average Bonchev–Trinajstić information content (AvgIpc) is 3.14. The molecule has 0 radical (unpaired) electrons. The van der Waals surface area contributed by atoms with Crippen LogP contribution in [0, 0.1) is 0 Å². The second kappa shape index (κ2) is 6.13. The predicted octanol–water partition coefficient (Wildman–Crippen LogP) is 4.11. The summed E-state index contributed by atoms with van der Waals surface area (Å²) in [6.45, 7) is 2.67. The molecule has 0 fully saturated rings. The molecule has 2 heterocycles. The molecule has 0 saturated carbocycles. The van der Waals surface area contributed by atoms with Crippen molar-refractivity contribution in [3.05, 3.63) is 56.7 Å². The van der Waals surface area contributed by atoms with Gasteiger partial charge in [0.15, 0.2) is 0 Å². The lowest BCUT2D eigenvalue weighted by Gasteiger charge is -2.09. The molecule has 23 heavy (non-hydrogen) atoms. The number of aryl methyl sites for hydroxylation is 2. The highest BCUT2D eigenvalue weighted by molar-refractivity contribution is 7.99. The number of fused-ring (bicyclic) bond motifs is 3. The van der Waals surface area contributed by atoms with Gasteiger partial charge in [0.25, 0.3) is 5.56 Å². The second-order valence-electron chi connectivity index (χ2n) is 5.75. The Labute approximate surface area is 143 Å². The van der Waals surface area contributed by atoms with Crippen LogP contribution in [0.5, 0.6) is 0 Å². The van der Waals surface area contributed by atoms with E-state index in [2.05, 4.69) is 12.0 Å². The van der Waals surface area contributed by atoms with E-state index in [0.717, 1.165) is 39.3 Å². The Hall–Kier alpha value is -1.59. The van der Waals surface area contributed by atoms with Crippen LogP contribution < -0.4 is 5.56 Å². The van der Waals surface area contributed by atoms with E-state index in [-0.39, 0.29) is 5.56 Å². The molecule has 118 valence electrons. The molecule has 0 bridgehead atoms. The van der Waals surface area contributed by atoms with Crippen LogP contribution in [0.2, 0.25) is 0 Å². The molecule has 0 aliphatic heterocycles. The van der Waals surface area contributed by atoms with E-state index in [4.69, 9.17) is 0 Å². The van der Waals surface area contributed by atoms with Crippen molar-refractivity contribution in [3.63, 3.8) is 0 Å². The fourth-order valence-corrected chi connectivity index (χ4v) is 5.43. The Morgan fingerprint density at radius 1 is 1.26 bits per heavy atom. The van der Waals surface area contributed by atoms with Crippen LogP contribution in [0.1, 0.15) is 29.3 Å². The first-order valence-electron chi connectivity index (χ1n) is 8.00. The summed E-state index contributed by atoms with van der Waals surface area (Å²) in [4.78, 5) is 14.4. The maximum atomic E-state index is 13.0. The Morgan fingerprint density at radius 3 is 2.87 bits per heavy atom. The lowest BCUT2D eigenvalue weighted by molar-refractivity contribution is 0.621. The summed E-state index contributed by atoms with van der Waals surface area (Å²) in [6.07, 6.45) is 3.33. The largest absolute Gasteiger partial charge is 0.276 e. The predicted molar refractivity (Wildman–Crippen MR) is 97.8 cm³/mol. The van der Waals surface area contributed by atoms with Crippen LogP contribution in [-0.4, -0.2) is 15.5 Å². The fourth-order valence-electron chi connectivity index (χ4n) is 3.21. The molecule has 4 rings (SSSR count). The third-order valence-corrected chi connectivity index (χ3v) is 6.51. The van der Waals surface area contributed by atoms with Gasteiger partial charge in [0, 0.05) is 4.88 Å². The number of nitrogens with zero attached hydrogens (tertiary/aromatic N) is 2.